The van der Waals surface area contributed by atoms with E-state index >= 15 is 0 Å². The molecule has 2 rings (SSSR count). The van der Waals surface area contributed by atoms with E-state index in [0.717, 1.165) is 5.56 Å². The van der Waals surface area contributed by atoms with Gasteiger partial charge in [0, 0.05) is 17.9 Å². The highest BCUT2D eigenvalue weighted by Gasteiger charge is 2.56. The van der Waals surface area contributed by atoms with E-state index in [1.807, 2.05) is 18.3 Å². The topological polar surface area (TPSA) is 48.1 Å². The van der Waals surface area contributed by atoms with E-state index in [1.165, 1.54) is 0 Å². The largest absolute Gasteiger partial charge is 0.375 e. The maximum Gasteiger partial charge on any atom is 0.0732 e. The number of nitrogens with zero attached hydrogens (tertiary/aromatic N) is 1. The van der Waals surface area contributed by atoms with Crippen molar-refractivity contribution in [3.05, 3.63) is 30.1 Å². The lowest BCUT2D eigenvalue weighted by Gasteiger charge is -2.11. The van der Waals surface area contributed by atoms with Gasteiger partial charge >= 0.3 is 0 Å². The minimum Gasteiger partial charge on any atom is -0.375 e. The summed E-state index contributed by atoms with van der Waals surface area (Å²) < 4.78 is 5.62. The Bertz CT molecular complexity index is 318. The number of hydrogen-bond donors (Lipinski definition) is 1. The quantitative estimate of drug-likeness (QED) is 0.813. The molecule has 1 aromatic rings. The fourth-order valence-electron chi connectivity index (χ4n) is 1.99. The Balaban J connectivity index is 1.77. The molecule has 1 aliphatic carbocycles. The molecule has 1 aliphatic rings. The molecular formula is C12H18N2O. The molecule has 1 fully saturated rings. The van der Waals surface area contributed by atoms with Crippen molar-refractivity contribution in [2.24, 2.45) is 17.6 Å². The number of rotatable bonds is 4. The molecule has 0 aromatic carbocycles. The van der Waals surface area contributed by atoms with Crippen LogP contribution in [0, 0.1) is 11.8 Å². The molecule has 2 atom stereocenters. The van der Waals surface area contributed by atoms with Gasteiger partial charge in [-0.25, -0.2) is 0 Å². The van der Waals surface area contributed by atoms with Gasteiger partial charge in [0.2, 0.25) is 0 Å². The number of hydrogen-bond acceptors (Lipinski definition) is 3. The summed E-state index contributed by atoms with van der Waals surface area (Å²) in [6.07, 6.45) is 3.59. The molecule has 0 aliphatic heterocycles. The van der Waals surface area contributed by atoms with Gasteiger partial charge in [0.1, 0.15) is 0 Å². The average molecular weight is 206 g/mol. The van der Waals surface area contributed by atoms with E-state index in [0.29, 0.717) is 25.0 Å². The van der Waals surface area contributed by atoms with Crippen LogP contribution in [0.15, 0.2) is 24.5 Å². The number of nitrogens with two attached hydrogens (primary N) is 1. The monoisotopic (exact) mass is 206 g/mol. The first kappa shape index (κ1) is 10.6. The summed E-state index contributed by atoms with van der Waals surface area (Å²) in [5.41, 5.74) is 7.16. The van der Waals surface area contributed by atoms with E-state index in [1.54, 1.807) is 6.20 Å². The van der Waals surface area contributed by atoms with Crippen LogP contribution in [0.5, 0.6) is 0 Å². The summed E-state index contributed by atoms with van der Waals surface area (Å²) in [5, 5.41) is 0. The Hall–Kier alpha value is -0.930. The van der Waals surface area contributed by atoms with Gasteiger partial charge in [-0.1, -0.05) is 19.9 Å². The van der Waals surface area contributed by atoms with Gasteiger partial charge in [-0.05, 0) is 23.5 Å². The van der Waals surface area contributed by atoms with E-state index in [-0.39, 0.29) is 5.54 Å². The Kier molecular flexibility index (Phi) is 2.76. The molecule has 0 spiro atoms. The van der Waals surface area contributed by atoms with Crippen molar-refractivity contribution in [1.29, 1.82) is 0 Å². The second-order valence-electron chi connectivity index (χ2n) is 4.54. The summed E-state index contributed by atoms with van der Waals surface area (Å²) in [6.45, 7) is 5.60. The van der Waals surface area contributed by atoms with Crippen LogP contribution >= 0.6 is 0 Å². The Labute approximate surface area is 90.7 Å². The first-order valence-corrected chi connectivity index (χ1v) is 5.40. The fraction of sp³-hybridized carbons (Fsp3) is 0.583. The number of pyridine rings is 1. The molecule has 1 aromatic heterocycles. The molecule has 0 amide bonds. The smallest absolute Gasteiger partial charge is 0.0732 e. The molecule has 3 heteroatoms. The predicted molar refractivity (Wildman–Crippen MR) is 59.1 cm³/mol. The maximum atomic E-state index is 6.16. The van der Waals surface area contributed by atoms with Crippen molar-refractivity contribution in [1.82, 2.24) is 4.98 Å². The molecule has 0 saturated heterocycles. The second kappa shape index (κ2) is 3.91. The maximum absolute atomic E-state index is 6.16. The minimum atomic E-state index is -0.0950. The van der Waals surface area contributed by atoms with E-state index in [4.69, 9.17) is 10.5 Å². The number of aromatic nitrogens is 1. The van der Waals surface area contributed by atoms with E-state index < -0.39 is 0 Å². The molecule has 1 heterocycles. The van der Waals surface area contributed by atoms with Gasteiger partial charge in [-0.2, -0.15) is 0 Å². The highest BCUT2D eigenvalue weighted by Crippen LogP contribution is 2.47. The molecular weight excluding hydrogens is 188 g/mol. The summed E-state index contributed by atoms with van der Waals surface area (Å²) in [5.74, 6) is 1.15. The lowest BCUT2D eigenvalue weighted by molar-refractivity contribution is 0.0958. The average Bonchev–Trinajstić information content (AvgIpc) is 2.72. The summed E-state index contributed by atoms with van der Waals surface area (Å²) in [7, 11) is 0. The third-order valence-electron chi connectivity index (χ3n) is 3.68. The summed E-state index contributed by atoms with van der Waals surface area (Å²) in [4.78, 5) is 4.03. The Morgan fingerprint density at radius 1 is 1.47 bits per heavy atom. The van der Waals surface area contributed by atoms with Gasteiger partial charge in [0.25, 0.3) is 0 Å². The highest BCUT2D eigenvalue weighted by molar-refractivity contribution is 5.12. The van der Waals surface area contributed by atoms with Crippen LogP contribution in [0.1, 0.15) is 19.4 Å². The molecule has 2 unspecified atom stereocenters. The third kappa shape index (κ3) is 2.03. The van der Waals surface area contributed by atoms with Gasteiger partial charge in [-0.15, -0.1) is 0 Å². The van der Waals surface area contributed by atoms with Crippen LogP contribution in [0.4, 0.5) is 0 Å². The molecule has 0 bridgehead atoms. The van der Waals surface area contributed by atoms with Crippen LogP contribution in [0.2, 0.25) is 0 Å². The van der Waals surface area contributed by atoms with Gasteiger partial charge in [-0.3, -0.25) is 4.98 Å². The summed E-state index contributed by atoms with van der Waals surface area (Å²) in [6, 6.07) is 3.93. The van der Waals surface area contributed by atoms with Crippen molar-refractivity contribution in [3.63, 3.8) is 0 Å². The molecule has 3 nitrogen and oxygen atoms in total. The standard InChI is InChI=1S/C12H18N2O/c1-9-10(2)12(9,13)8-15-7-11-4-3-5-14-6-11/h3-6,9-10H,7-8,13H2,1-2H3. The van der Waals surface area contributed by atoms with Gasteiger partial charge < -0.3 is 10.5 Å². The Morgan fingerprint density at radius 3 is 2.73 bits per heavy atom. The first-order valence-electron chi connectivity index (χ1n) is 5.40. The highest BCUT2D eigenvalue weighted by atomic mass is 16.5. The molecule has 82 valence electrons. The molecule has 1 saturated carbocycles. The van der Waals surface area contributed by atoms with Crippen molar-refractivity contribution < 1.29 is 4.74 Å². The van der Waals surface area contributed by atoms with Crippen molar-refractivity contribution in [2.45, 2.75) is 26.0 Å². The van der Waals surface area contributed by atoms with Crippen LogP contribution in [0.25, 0.3) is 0 Å². The molecule has 0 radical (unpaired) electrons. The van der Waals surface area contributed by atoms with Crippen molar-refractivity contribution in [2.75, 3.05) is 6.61 Å². The molecule has 15 heavy (non-hydrogen) atoms. The lowest BCUT2D eigenvalue weighted by atomic mass is 10.2. The van der Waals surface area contributed by atoms with E-state index in [9.17, 15) is 0 Å². The minimum absolute atomic E-state index is 0.0950. The van der Waals surface area contributed by atoms with Crippen LogP contribution in [-0.4, -0.2) is 17.1 Å². The third-order valence-corrected chi connectivity index (χ3v) is 3.68. The van der Waals surface area contributed by atoms with Gasteiger partial charge in [0.05, 0.1) is 13.2 Å². The lowest BCUT2D eigenvalue weighted by Crippen LogP contribution is -2.32. The van der Waals surface area contributed by atoms with E-state index in [2.05, 4.69) is 18.8 Å². The zero-order valence-electron chi connectivity index (χ0n) is 9.31. The van der Waals surface area contributed by atoms with Crippen molar-refractivity contribution >= 4 is 0 Å². The normalized spacial score (nSPS) is 34.1. The van der Waals surface area contributed by atoms with Crippen LogP contribution in [0.3, 0.4) is 0 Å². The predicted octanol–water partition coefficient (Wildman–Crippen LogP) is 1.58. The number of ether oxygens (including phenoxy) is 1. The zero-order chi connectivity index (χ0) is 10.9. The Morgan fingerprint density at radius 2 is 2.20 bits per heavy atom. The zero-order valence-corrected chi connectivity index (χ0v) is 9.31. The fourth-order valence-corrected chi connectivity index (χ4v) is 1.99. The summed E-state index contributed by atoms with van der Waals surface area (Å²) >= 11 is 0. The van der Waals surface area contributed by atoms with Crippen LogP contribution in [-0.2, 0) is 11.3 Å². The van der Waals surface area contributed by atoms with Crippen LogP contribution < -0.4 is 5.73 Å². The van der Waals surface area contributed by atoms with Gasteiger partial charge in [0.15, 0.2) is 0 Å². The second-order valence-corrected chi connectivity index (χ2v) is 4.54. The SMILES string of the molecule is CC1C(C)C1(N)COCc1cccnc1. The van der Waals surface area contributed by atoms with Crippen molar-refractivity contribution in [3.8, 4) is 0 Å². The first-order chi connectivity index (χ1) is 7.14. The molecule has 2 N–H and O–H groups in total.